The maximum Gasteiger partial charge on any atom is 0.252 e. The van der Waals surface area contributed by atoms with Crippen LogP contribution in [0.15, 0.2) is 30.3 Å². The van der Waals surface area contributed by atoms with Gasteiger partial charge in [-0.05, 0) is 18.4 Å². The van der Waals surface area contributed by atoms with E-state index in [0.29, 0.717) is 39.5 Å². The SMILES string of the molecule is COCCOCCN(Cc1ccccc1)C(=O)[C@@H]1CC[C@H](CN)O1. The van der Waals surface area contributed by atoms with E-state index in [1.54, 1.807) is 7.11 Å². The summed E-state index contributed by atoms with van der Waals surface area (Å²) in [6.45, 7) is 3.11. The van der Waals surface area contributed by atoms with Crippen molar-refractivity contribution < 1.29 is 19.0 Å². The van der Waals surface area contributed by atoms with Gasteiger partial charge in [0, 0.05) is 26.7 Å². The van der Waals surface area contributed by atoms with Crippen LogP contribution in [0, 0.1) is 0 Å². The van der Waals surface area contributed by atoms with Gasteiger partial charge in [-0.1, -0.05) is 30.3 Å². The first-order valence-corrected chi connectivity index (χ1v) is 8.49. The fourth-order valence-corrected chi connectivity index (χ4v) is 2.75. The van der Waals surface area contributed by atoms with Crippen molar-refractivity contribution in [2.45, 2.75) is 31.6 Å². The first kappa shape index (κ1) is 18.9. The second-order valence-electron chi connectivity index (χ2n) is 5.91. The number of ether oxygens (including phenoxy) is 3. The summed E-state index contributed by atoms with van der Waals surface area (Å²) < 4.78 is 16.2. The first-order chi connectivity index (χ1) is 11.7. The van der Waals surface area contributed by atoms with E-state index in [9.17, 15) is 4.79 Å². The number of amides is 1. The molecule has 24 heavy (non-hydrogen) atoms. The molecule has 2 N–H and O–H groups in total. The molecule has 1 aromatic rings. The van der Waals surface area contributed by atoms with Crippen LogP contribution < -0.4 is 5.73 Å². The number of benzene rings is 1. The van der Waals surface area contributed by atoms with Crippen molar-refractivity contribution >= 4 is 5.91 Å². The zero-order valence-corrected chi connectivity index (χ0v) is 14.4. The monoisotopic (exact) mass is 336 g/mol. The lowest BCUT2D eigenvalue weighted by molar-refractivity contribution is -0.144. The van der Waals surface area contributed by atoms with Gasteiger partial charge in [-0.15, -0.1) is 0 Å². The zero-order chi connectivity index (χ0) is 17.2. The van der Waals surface area contributed by atoms with Gasteiger partial charge in [-0.3, -0.25) is 4.79 Å². The molecule has 1 aliphatic heterocycles. The highest BCUT2D eigenvalue weighted by Crippen LogP contribution is 2.21. The second kappa shape index (κ2) is 10.4. The number of nitrogens with zero attached hydrogens (tertiary/aromatic N) is 1. The Labute approximate surface area is 143 Å². The Bertz CT molecular complexity index is 483. The van der Waals surface area contributed by atoms with Crippen molar-refractivity contribution in [1.82, 2.24) is 4.90 Å². The van der Waals surface area contributed by atoms with Crippen LogP contribution in [0.25, 0.3) is 0 Å². The summed E-state index contributed by atoms with van der Waals surface area (Å²) in [6, 6.07) is 9.96. The highest BCUT2D eigenvalue weighted by Gasteiger charge is 2.32. The molecule has 6 heteroatoms. The third kappa shape index (κ3) is 5.87. The van der Waals surface area contributed by atoms with Gasteiger partial charge >= 0.3 is 0 Å². The summed E-state index contributed by atoms with van der Waals surface area (Å²) in [7, 11) is 1.64. The lowest BCUT2D eigenvalue weighted by atomic mass is 10.1. The molecule has 2 rings (SSSR count). The number of hydrogen-bond acceptors (Lipinski definition) is 5. The molecule has 0 aromatic heterocycles. The number of carbonyl (C=O) groups excluding carboxylic acids is 1. The Kier molecular flexibility index (Phi) is 8.18. The summed E-state index contributed by atoms with van der Waals surface area (Å²) in [5.74, 6) is 0.0187. The van der Waals surface area contributed by atoms with Crippen LogP contribution in [0.5, 0.6) is 0 Å². The predicted octanol–water partition coefficient (Wildman–Crippen LogP) is 1.18. The molecule has 1 amide bonds. The molecule has 0 bridgehead atoms. The van der Waals surface area contributed by atoms with Gasteiger partial charge in [0.1, 0.15) is 6.10 Å². The topological polar surface area (TPSA) is 74.0 Å². The minimum absolute atomic E-state index is 0.00419. The molecular weight excluding hydrogens is 308 g/mol. The molecule has 0 aliphatic carbocycles. The standard InChI is InChI=1S/C18H28N2O4/c1-22-11-12-23-10-9-20(14-15-5-3-2-4-6-15)18(21)17-8-7-16(13-19)24-17/h2-6,16-17H,7-14,19H2,1H3/t16-,17+/m1/s1. The molecule has 1 fully saturated rings. The van der Waals surface area contributed by atoms with Crippen molar-refractivity contribution in [2.75, 3.05) is 40.0 Å². The number of methoxy groups -OCH3 is 1. The number of carbonyl (C=O) groups is 1. The predicted molar refractivity (Wildman–Crippen MR) is 91.5 cm³/mol. The molecule has 2 atom stereocenters. The molecule has 1 saturated heterocycles. The van der Waals surface area contributed by atoms with E-state index in [0.717, 1.165) is 18.4 Å². The fourth-order valence-electron chi connectivity index (χ4n) is 2.75. The van der Waals surface area contributed by atoms with E-state index in [4.69, 9.17) is 19.9 Å². The van der Waals surface area contributed by atoms with Crippen LogP contribution in [-0.4, -0.2) is 63.0 Å². The summed E-state index contributed by atoms with van der Waals surface area (Å²) in [6.07, 6.45) is 1.18. The third-order valence-corrected chi connectivity index (χ3v) is 4.11. The highest BCUT2D eigenvalue weighted by atomic mass is 16.5. The molecule has 1 aromatic carbocycles. The van der Waals surface area contributed by atoms with Crippen LogP contribution in [0.4, 0.5) is 0 Å². The van der Waals surface area contributed by atoms with Crippen molar-refractivity contribution in [3.63, 3.8) is 0 Å². The van der Waals surface area contributed by atoms with E-state index in [-0.39, 0.29) is 18.1 Å². The normalized spacial score (nSPS) is 20.2. The summed E-state index contributed by atoms with van der Waals surface area (Å²) in [4.78, 5) is 14.6. The highest BCUT2D eigenvalue weighted by molar-refractivity contribution is 5.81. The average molecular weight is 336 g/mol. The van der Waals surface area contributed by atoms with Gasteiger partial charge in [0.2, 0.25) is 0 Å². The Morgan fingerprint density at radius 3 is 2.71 bits per heavy atom. The van der Waals surface area contributed by atoms with Crippen molar-refractivity contribution in [2.24, 2.45) is 5.73 Å². The van der Waals surface area contributed by atoms with Gasteiger partial charge in [0.05, 0.1) is 25.9 Å². The lowest BCUT2D eigenvalue weighted by Crippen LogP contribution is -2.41. The Morgan fingerprint density at radius 2 is 2.04 bits per heavy atom. The van der Waals surface area contributed by atoms with Crippen molar-refractivity contribution in [3.8, 4) is 0 Å². The number of nitrogens with two attached hydrogens (primary N) is 1. The molecule has 134 valence electrons. The van der Waals surface area contributed by atoms with Crippen LogP contribution in [0.3, 0.4) is 0 Å². The van der Waals surface area contributed by atoms with Crippen LogP contribution in [0.2, 0.25) is 0 Å². The van der Waals surface area contributed by atoms with E-state index < -0.39 is 0 Å². The largest absolute Gasteiger partial charge is 0.382 e. The zero-order valence-electron chi connectivity index (χ0n) is 14.4. The smallest absolute Gasteiger partial charge is 0.252 e. The average Bonchev–Trinajstić information content (AvgIpc) is 3.10. The number of hydrogen-bond donors (Lipinski definition) is 1. The van der Waals surface area contributed by atoms with E-state index in [1.165, 1.54) is 0 Å². The second-order valence-corrected chi connectivity index (χ2v) is 5.91. The minimum Gasteiger partial charge on any atom is -0.382 e. The third-order valence-electron chi connectivity index (χ3n) is 4.11. The van der Waals surface area contributed by atoms with Gasteiger partial charge in [-0.25, -0.2) is 0 Å². The lowest BCUT2D eigenvalue weighted by Gasteiger charge is -2.26. The van der Waals surface area contributed by atoms with Crippen LogP contribution in [0.1, 0.15) is 18.4 Å². The van der Waals surface area contributed by atoms with Crippen molar-refractivity contribution in [3.05, 3.63) is 35.9 Å². The Balaban J connectivity index is 1.92. The molecule has 1 heterocycles. The molecule has 0 radical (unpaired) electrons. The summed E-state index contributed by atoms with van der Waals surface area (Å²) in [5, 5.41) is 0. The molecule has 0 spiro atoms. The van der Waals surface area contributed by atoms with Gasteiger partial charge in [0.25, 0.3) is 5.91 Å². The van der Waals surface area contributed by atoms with Crippen LogP contribution >= 0.6 is 0 Å². The Morgan fingerprint density at radius 1 is 1.25 bits per heavy atom. The number of rotatable bonds is 10. The van der Waals surface area contributed by atoms with E-state index in [1.807, 2.05) is 35.2 Å². The molecule has 0 saturated carbocycles. The summed E-state index contributed by atoms with van der Waals surface area (Å²) in [5.41, 5.74) is 6.73. The molecule has 1 aliphatic rings. The van der Waals surface area contributed by atoms with Gasteiger partial charge in [-0.2, -0.15) is 0 Å². The molecule has 0 unspecified atom stereocenters. The van der Waals surface area contributed by atoms with Crippen molar-refractivity contribution in [1.29, 1.82) is 0 Å². The van der Waals surface area contributed by atoms with Crippen LogP contribution in [-0.2, 0) is 25.5 Å². The van der Waals surface area contributed by atoms with Gasteiger partial charge in [0.15, 0.2) is 0 Å². The summed E-state index contributed by atoms with van der Waals surface area (Å²) >= 11 is 0. The first-order valence-electron chi connectivity index (χ1n) is 8.49. The molecule has 6 nitrogen and oxygen atoms in total. The minimum atomic E-state index is -0.388. The fraction of sp³-hybridized carbons (Fsp3) is 0.611. The maximum absolute atomic E-state index is 12.8. The quantitative estimate of drug-likeness (QED) is 0.650. The van der Waals surface area contributed by atoms with E-state index >= 15 is 0 Å². The maximum atomic E-state index is 12.8. The molecular formula is C18H28N2O4. The Hall–Kier alpha value is -1.47. The van der Waals surface area contributed by atoms with E-state index in [2.05, 4.69) is 0 Å². The van der Waals surface area contributed by atoms with Gasteiger partial charge < -0.3 is 24.8 Å².